The van der Waals surface area contributed by atoms with Crippen LogP contribution in [-0.4, -0.2) is 20.6 Å². The third kappa shape index (κ3) is 2.00. The van der Waals surface area contributed by atoms with Crippen molar-refractivity contribution in [2.45, 2.75) is 0 Å². The van der Waals surface area contributed by atoms with E-state index in [1.165, 1.54) is 20.3 Å². The van der Waals surface area contributed by atoms with Gasteiger partial charge in [0.2, 0.25) is 6.41 Å². The second-order valence-corrected chi connectivity index (χ2v) is 3.45. The Morgan fingerprint density at radius 3 is 2.44 bits per heavy atom. The molecular formula is C12H11NO5. The van der Waals surface area contributed by atoms with Crippen LogP contribution in [-0.2, 0) is 4.79 Å². The molecule has 0 saturated heterocycles. The smallest absolute Gasteiger partial charge is 0.360 e. The van der Waals surface area contributed by atoms with Crippen LogP contribution in [0.4, 0.5) is 5.69 Å². The molecule has 1 aromatic carbocycles. The highest BCUT2D eigenvalue weighted by Gasteiger charge is 2.10. The third-order valence-corrected chi connectivity index (χ3v) is 2.45. The number of fused-ring (bicyclic) bond motifs is 1. The van der Waals surface area contributed by atoms with Gasteiger partial charge in [0.05, 0.1) is 14.2 Å². The van der Waals surface area contributed by atoms with Gasteiger partial charge in [-0.15, -0.1) is 0 Å². The zero-order valence-electron chi connectivity index (χ0n) is 9.85. The highest BCUT2D eigenvalue weighted by atomic mass is 16.5. The molecule has 0 spiro atoms. The van der Waals surface area contributed by atoms with Crippen molar-refractivity contribution in [1.82, 2.24) is 0 Å². The number of hydrogen-bond acceptors (Lipinski definition) is 5. The Bertz CT molecular complexity index is 647. The molecule has 0 aliphatic carbocycles. The lowest BCUT2D eigenvalue weighted by atomic mass is 10.2. The Morgan fingerprint density at radius 1 is 1.17 bits per heavy atom. The van der Waals surface area contributed by atoms with E-state index in [1.807, 2.05) is 0 Å². The van der Waals surface area contributed by atoms with Crippen LogP contribution in [0, 0.1) is 0 Å². The van der Waals surface area contributed by atoms with Crippen LogP contribution in [0.15, 0.2) is 27.4 Å². The minimum absolute atomic E-state index is 0.0738. The maximum atomic E-state index is 11.5. The Balaban J connectivity index is 2.69. The summed E-state index contributed by atoms with van der Waals surface area (Å²) in [7, 11) is 3.00. The van der Waals surface area contributed by atoms with Gasteiger partial charge < -0.3 is 19.2 Å². The van der Waals surface area contributed by atoms with E-state index in [-0.39, 0.29) is 5.69 Å². The van der Waals surface area contributed by atoms with Crippen molar-refractivity contribution >= 4 is 23.1 Å². The average Bonchev–Trinajstić information content (AvgIpc) is 2.38. The topological polar surface area (TPSA) is 77.8 Å². The van der Waals surface area contributed by atoms with E-state index in [0.717, 1.165) is 0 Å². The van der Waals surface area contributed by atoms with Crippen LogP contribution in [0.3, 0.4) is 0 Å². The standard InChI is InChI=1S/C12H11NO5/c1-16-10-4-7-3-8(13-6-14)12(15)18-9(7)5-11(10)17-2/h3-6H,1-2H3,(H,13,14). The van der Waals surface area contributed by atoms with Crippen LogP contribution in [0.5, 0.6) is 11.5 Å². The summed E-state index contributed by atoms with van der Waals surface area (Å²) in [5, 5.41) is 2.90. The molecule has 0 aliphatic heterocycles. The van der Waals surface area contributed by atoms with Crippen molar-refractivity contribution < 1.29 is 18.7 Å². The summed E-state index contributed by atoms with van der Waals surface area (Å²) in [5.74, 6) is 0.972. The molecule has 0 radical (unpaired) electrons. The predicted octanol–water partition coefficient (Wildman–Crippen LogP) is 1.38. The number of methoxy groups -OCH3 is 2. The lowest BCUT2D eigenvalue weighted by molar-refractivity contribution is -0.105. The van der Waals surface area contributed by atoms with Gasteiger partial charge in [-0.25, -0.2) is 4.79 Å². The molecular weight excluding hydrogens is 238 g/mol. The van der Waals surface area contributed by atoms with Gasteiger partial charge in [-0.3, -0.25) is 4.79 Å². The van der Waals surface area contributed by atoms with Crippen LogP contribution in [0.1, 0.15) is 0 Å². The number of benzene rings is 1. The lowest BCUT2D eigenvalue weighted by Gasteiger charge is -2.08. The van der Waals surface area contributed by atoms with Gasteiger partial charge in [0, 0.05) is 11.5 Å². The predicted molar refractivity (Wildman–Crippen MR) is 65.3 cm³/mol. The van der Waals surface area contributed by atoms with Gasteiger partial charge in [-0.05, 0) is 12.1 Å². The van der Waals surface area contributed by atoms with Gasteiger partial charge >= 0.3 is 5.63 Å². The fourth-order valence-corrected chi connectivity index (χ4v) is 1.61. The van der Waals surface area contributed by atoms with Gasteiger partial charge in [0.15, 0.2) is 11.5 Å². The van der Waals surface area contributed by atoms with Crippen LogP contribution >= 0.6 is 0 Å². The van der Waals surface area contributed by atoms with Crippen molar-refractivity contribution in [3.05, 3.63) is 28.6 Å². The summed E-state index contributed by atoms with van der Waals surface area (Å²) in [6.07, 6.45) is 0.416. The Hall–Kier alpha value is -2.50. The Kier molecular flexibility index (Phi) is 3.18. The molecule has 1 aromatic heterocycles. The SMILES string of the molecule is COc1cc2cc(NC=O)c(=O)oc2cc1OC. The highest BCUT2D eigenvalue weighted by Crippen LogP contribution is 2.32. The van der Waals surface area contributed by atoms with Crippen LogP contribution in [0.2, 0.25) is 0 Å². The van der Waals surface area contributed by atoms with Gasteiger partial charge in [-0.2, -0.15) is 0 Å². The van der Waals surface area contributed by atoms with Gasteiger partial charge in [0.25, 0.3) is 0 Å². The average molecular weight is 249 g/mol. The van der Waals surface area contributed by atoms with Crippen molar-refractivity contribution in [3.8, 4) is 11.5 Å². The van der Waals surface area contributed by atoms with Crippen molar-refractivity contribution in [3.63, 3.8) is 0 Å². The Morgan fingerprint density at radius 2 is 1.83 bits per heavy atom. The normalized spacial score (nSPS) is 10.1. The van der Waals surface area contributed by atoms with Crippen molar-refractivity contribution in [2.75, 3.05) is 19.5 Å². The Labute approximate surface area is 102 Å². The fourth-order valence-electron chi connectivity index (χ4n) is 1.61. The molecule has 0 unspecified atom stereocenters. The monoisotopic (exact) mass is 249 g/mol. The lowest BCUT2D eigenvalue weighted by Crippen LogP contribution is -2.08. The number of nitrogens with one attached hydrogen (secondary N) is 1. The van der Waals surface area contributed by atoms with Gasteiger partial charge in [0.1, 0.15) is 11.3 Å². The molecule has 1 amide bonds. The van der Waals surface area contributed by atoms with E-state index in [4.69, 9.17) is 13.9 Å². The molecule has 94 valence electrons. The fraction of sp³-hybridized carbons (Fsp3) is 0.167. The van der Waals surface area contributed by atoms with E-state index in [9.17, 15) is 9.59 Å². The van der Waals surface area contributed by atoms with E-state index < -0.39 is 5.63 Å². The van der Waals surface area contributed by atoms with Crippen molar-refractivity contribution in [1.29, 1.82) is 0 Å². The number of rotatable bonds is 4. The molecule has 2 aromatic rings. The highest BCUT2D eigenvalue weighted by molar-refractivity contribution is 5.85. The van der Waals surface area contributed by atoms with E-state index in [2.05, 4.69) is 5.32 Å². The number of hydrogen-bond donors (Lipinski definition) is 1. The molecule has 0 saturated carbocycles. The first-order valence-electron chi connectivity index (χ1n) is 5.09. The number of carbonyl (C=O) groups is 1. The number of amides is 1. The first-order chi connectivity index (χ1) is 8.69. The van der Waals surface area contributed by atoms with Gasteiger partial charge in [-0.1, -0.05) is 0 Å². The zero-order valence-corrected chi connectivity index (χ0v) is 9.85. The molecule has 1 heterocycles. The van der Waals surface area contributed by atoms with E-state index in [1.54, 1.807) is 12.1 Å². The van der Waals surface area contributed by atoms with Crippen molar-refractivity contribution in [2.24, 2.45) is 0 Å². The molecule has 1 N–H and O–H groups in total. The maximum absolute atomic E-state index is 11.5. The minimum Gasteiger partial charge on any atom is -0.493 e. The molecule has 6 nitrogen and oxygen atoms in total. The molecule has 6 heteroatoms. The quantitative estimate of drug-likeness (QED) is 0.654. The third-order valence-electron chi connectivity index (χ3n) is 2.45. The summed E-state index contributed by atoms with van der Waals surface area (Å²) in [6, 6.07) is 4.73. The molecule has 0 atom stereocenters. The number of carbonyl (C=O) groups excluding carboxylic acids is 1. The number of anilines is 1. The zero-order chi connectivity index (χ0) is 13.1. The first-order valence-corrected chi connectivity index (χ1v) is 5.09. The summed E-state index contributed by atoms with van der Waals surface area (Å²) in [4.78, 5) is 21.9. The molecule has 18 heavy (non-hydrogen) atoms. The summed E-state index contributed by atoms with van der Waals surface area (Å²) < 4.78 is 15.3. The largest absolute Gasteiger partial charge is 0.493 e. The first kappa shape index (κ1) is 12.0. The van der Waals surface area contributed by atoms with E-state index in [0.29, 0.717) is 28.9 Å². The summed E-state index contributed by atoms with van der Waals surface area (Å²) >= 11 is 0. The molecule has 2 rings (SSSR count). The van der Waals surface area contributed by atoms with Crippen LogP contribution in [0.25, 0.3) is 11.0 Å². The van der Waals surface area contributed by atoms with E-state index >= 15 is 0 Å². The molecule has 0 bridgehead atoms. The number of ether oxygens (including phenoxy) is 2. The molecule has 0 fully saturated rings. The second-order valence-electron chi connectivity index (χ2n) is 3.45. The van der Waals surface area contributed by atoms with Crippen LogP contribution < -0.4 is 20.4 Å². The second kappa shape index (κ2) is 4.79. The minimum atomic E-state index is -0.623. The maximum Gasteiger partial charge on any atom is 0.360 e. The summed E-state index contributed by atoms with van der Waals surface area (Å²) in [6.45, 7) is 0. The molecule has 0 aliphatic rings. The summed E-state index contributed by atoms with van der Waals surface area (Å²) in [5.41, 5.74) is -0.194.